The molecular formula is C17H14O8. The van der Waals surface area contributed by atoms with E-state index in [1.165, 1.54) is 32.4 Å². The zero-order valence-corrected chi connectivity index (χ0v) is 13.2. The van der Waals surface area contributed by atoms with Gasteiger partial charge in [0, 0.05) is 6.07 Å². The fraction of sp³-hybridized carbons (Fsp3) is 0.118. The molecule has 8 heteroatoms. The van der Waals surface area contributed by atoms with Crippen molar-refractivity contribution in [1.29, 1.82) is 0 Å². The van der Waals surface area contributed by atoms with Crippen LogP contribution in [-0.2, 0) is 0 Å². The van der Waals surface area contributed by atoms with Gasteiger partial charge in [0.2, 0.25) is 17.2 Å². The van der Waals surface area contributed by atoms with Crippen LogP contribution in [0.2, 0.25) is 0 Å². The van der Waals surface area contributed by atoms with Crippen LogP contribution in [0.1, 0.15) is 0 Å². The van der Waals surface area contributed by atoms with Gasteiger partial charge in [0.1, 0.15) is 22.6 Å². The predicted octanol–water partition coefficient (Wildman–Crippen LogP) is 2.30. The molecule has 0 radical (unpaired) electrons. The number of ether oxygens (including phenoxy) is 2. The summed E-state index contributed by atoms with van der Waals surface area (Å²) in [7, 11) is 2.48. The Balaban J connectivity index is 2.43. The smallest absolute Gasteiger partial charge is 0.211 e. The van der Waals surface area contributed by atoms with E-state index in [0.29, 0.717) is 0 Å². The Morgan fingerprint density at radius 1 is 0.920 bits per heavy atom. The molecule has 0 atom stereocenters. The standard InChI is InChI=1S/C17H14O8/c1-23-16-13(21)12-10(20)6-11(8-5-7(18)3-4-9(8)19)25-15(12)14(22)17(16)24-2/h3-6,18-19,21-22H,1-2H3. The van der Waals surface area contributed by atoms with Gasteiger partial charge in [-0.2, -0.15) is 0 Å². The molecule has 0 unspecified atom stereocenters. The molecule has 2 aromatic carbocycles. The minimum atomic E-state index is -0.687. The summed E-state index contributed by atoms with van der Waals surface area (Å²) in [6.07, 6.45) is 0. The number of rotatable bonds is 3. The lowest BCUT2D eigenvalue weighted by atomic mass is 10.1. The Kier molecular flexibility index (Phi) is 3.80. The van der Waals surface area contributed by atoms with Crippen molar-refractivity contribution in [3.8, 4) is 45.8 Å². The topological polar surface area (TPSA) is 130 Å². The average Bonchev–Trinajstić information content (AvgIpc) is 2.59. The Hall–Kier alpha value is -3.55. The molecule has 0 saturated carbocycles. The molecule has 3 rings (SSSR count). The number of methoxy groups -OCH3 is 2. The van der Waals surface area contributed by atoms with Gasteiger partial charge in [-0.3, -0.25) is 4.79 Å². The van der Waals surface area contributed by atoms with E-state index < -0.39 is 16.9 Å². The van der Waals surface area contributed by atoms with Gasteiger partial charge in [0.05, 0.1) is 19.8 Å². The van der Waals surface area contributed by atoms with Crippen LogP contribution in [0.3, 0.4) is 0 Å². The van der Waals surface area contributed by atoms with Crippen LogP contribution in [0, 0.1) is 0 Å². The number of aromatic hydroxyl groups is 4. The highest BCUT2D eigenvalue weighted by Gasteiger charge is 2.25. The van der Waals surface area contributed by atoms with Crippen molar-refractivity contribution in [2.24, 2.45) is 0 Å². The third-order valence-corrected chi connectivity index (χ3v) is 3.69. The molecule has 1 heterocycles. The first-order chi connectivity index (χ1) is 11.9. The van der Waals surface area contributed by atoms with Crippen LogP contribution in [0.25, 0.3) is 22.3 Å². The Morgan fingerprint density at radius 3 is 2.20 bits per heavy atom. The third kappa shape index (κ3) is 2.44. The number of hydrogen-bond donors (Lipinski definition) is 4. The largest absolute Gasteiger partial charge is 0.508 e. The second kappa shape index (κ2) is 5.82. The van der Waals surface area contributed by atoms with Crippen molar-refractivity contribution in [2.75, 3.05) is 14.2 Å². The summed E-state index contributed by atoms with van der Waals surface area (Å²) in [4.78, 5) is 12.4. The quantitative estimate of drug-likeness (QED) is 0.532. The highest BCUT2D eigenvalue weighted by molar-refractivity contribution is 5.95. The van der Waals surface area contributed by atoms with Crippen LogP contribution >= 0.6 is 0 Å². The number of phenols is 4. The first kappa shape index (κ1) is 16.3. The molecule has 0 aliphatic rings. The summed E-state index contributed by atoms with van der Waals surface area (Å²) in [5.74, 6) is -2.05. The van der Waals surface area contributed by atoms with Crippen LogP contribution in [0.5, 0.6) is 34.5 Å². The highest BCUT2D eigenvalue weighted by atomic mass is 16.5. The van der Waals surface area contributed by atoms with Gasteiger partial charge >= 0.3 is 0 Å². The van der Waals surface area contributed by atoms with E-state index in [0.717, 1.165) is 6.07 Å². The highest BCUT2D eigenvalue weighted by Crippen LogP contribution is 2.49. The summed E-state index contributed by atoms with van der Waals surface area (Å²) in [6, 6.07) is 4.69. The zero-order valence-electron chi connectivity index (χ0n) is 13.2. The van der Waals surface area contributed by atoms with Crippen molar-refractivity contribution in [3.63, 3.8) is 0 Å². The van der Waals surface area contributed by atoms with E-state index in [2.05, 4.69) is 0 Å². The van der Waals surface area contributed by atoms with E-state index in [1.54, 1.807) is 0 Å². The Bertz CT molecular complexity index is 1040. The van der Waals surface area contributed by atoms with E-state index >= 15 is 0 Å². The van der Waals surface area contributed by atoms with E-state index in [1.807, 2.05) is 0 Å². The van der Waals surface area contributed by atoms with Gasteiger partial charge in [-0.1, -0.05) is 0 Å². The molecule has 0 aliphatic heterocycles. The lowest BCUT2D eigenvalue weighted by Gasteiger charge is -2.14. The van der Waals surface area contributed by atoms with Gasteiger partial charge in [0.25, 0.3) is 0 Å². The molecule has 0 fully saturated rings. The van der Waals surface area contributed by atoms with Gasteiger partial charge < -0.3 is 34.3 Å². The molecule has 0 saturated heterocycles. The summed E-state index contributed by atoms with van der Waals surface area (Å²) < 4.78 is 15.5. The maximum atomic E-state index is 12.4. The lowest BCUT2D eigenvalue weighted by molar-refractivity contribution is 0.317. The molecule has 0 amide bonds. The first-order valence-electron chi connectivity index (χ1n) is 7.05. The minimum absolute atomic E-state index is 0.0349. The number of phenolic OH excluding ortho intramolecular Hbond substituents is 4. The van der Waals surface area contributed by atoms with Crippen LogP contribution in [-0.4, -0.2) is 34.6 Å². The second-order valence-corrected chi connectivity index (χ2v) is 5.14. The van der Waals surface area contributed by atoms with Gasteiger partial charge in [-0.15, -0.1) is 0 Å². The third-order valence-electron chi connectivity index (χ3n) is 3.69. The zero-order chi connectivity index (χ0) is 18.3. The molecule has 0 aliphatic carbocycles. The van der Waals surface area contributed by atoms with Crippen molar-refractivity contribution in [2.45, 2.75) is 0 Å². The van der Waals surface area contributed by atoms with Crippen LogP contribution < -0.4 is 14.9 Å². The van der Waals surface area contributed by atoms with Crippen molar-refractivity contribution in [3.05, 3.63) is 34.5 Å². The van der Waals surface area contributed by atoms with E-state index in [-0.39, 0.29) is 45.3 Å². The van der Waals surface area contributed by atoms with Crippen molar-refractivity contribution >= 4 is 11.0 Å². The number of benzene rings is 2. The lowest BCUT2D eigenvalue weighted by Crippen LogP contribution is -2.03. The van der Waals surface area contributed by atoms with E-state index in [4.69, 9.17) is 13.9 Å². The molecule has 25 heavy (non-hydrogen) atoms. The fourth-order valence-electron chi connectivity index (χ4n) is 2.55. The average molecular weight is 346 g/mol. The molecule has 4 N–H and O–H groups in total. The molecule has 0 bridgehead atoms. The fourth-order valence-corrected chi connectivity index (χ4v) is 2.55. The SMILES string of the molecule is COc1c(OC)c(O)c2c(=O)cc(-c3cc(O)ccc3O)oc2c1O. The predicted molar refractivity (Wildman–Crippen MR) is 87.7 cm³/mol. The van der Waals surface area contributed by atoms with E-state index in [9.17, 15) is 25.2 Å². The second-order valence-electron chi connectivity index (χ2n) is 5.14. The van der Waals surface area contributed by atoms with Crippen molar-refractivity contribution in [1.82, 2.24) is 0 Å². The molecular weight excluding hydrogens is 332 g/mol. The van der Waals surface area contributed by atoms with Gasteiger partial charge in [0.15, 0.2) is 16.8 Å². The van der Waals surface area contributed by atoms with Crippen molar-refractivity contribution < 1.29 is 34.3 Å². The molecule has 3 aromatic rings. The van der Waals surface area contributed by atoms with Gasteiger partial charge in [-0.05, 0) is 18.2 Å². The number of hydrogen-bond acceptors (Lipinski definition) is 8. The summed E-state index contributed by atoms with van der Waals surface area (Å²) in [5, 5.41) is 39.8. The van der Waals surface area contributed by atoms with Gasteiger partial charge in [-0.25, -0.2) is 0 Å². The summed E-state index contributed by atoms with van der Waals surface area (Å²) >= 11 is 0. The monoisotopic (exact) mass is 346 g/mol. The Morgan fingerprint density at radius 2 is 1.56 bits per heavy atom. The molecule has 8 nitrogen and oxygen atoms in total. The summed E-state index contributed by atoms with van der Waals surface area (Å²) in [6.45, 7) is 0. The summed E-state index contributed by atoms with van der Waals surface area (Å²) in [5.41, 5.74) is -0.999. The molecule has 0 spiro atoms. The first-order valence-corrected chi connectivity index (χ1v) is 7.05. The maximum Gasteiger partial charge on any atom is 0.211 e. The maximum absolute atomic E-state index is 12.4. The number of fused-ring (bicyclic) bond motifs is 1. The van der Waals surface area contributed by atoms with Crippen LogP contribution in [0.4, 0.5) is 0 Å². The minimum Gasteiger partial charge on any atom is -0.508 e. The Labute approximate surface area is 140 Å². The normalized spacial score (nSPS) is 10.8. The van der Waals surface area contributed by atoms with Crippen LogP contribution in [0.15, 0.2) is 33.5 Å². The molecule has 1 aromatic heterocycles. The molecule has 130 valence electrons.